The van der Waals surface area contributed by atoms with E-state index < -0.39 is 6.10 Å². The van der Waals surface area contributed by atoms with Crippen molar-refractivity contribution in [2.75, 3.05) is 0 Å². The summed E-state index contributed by atoms with van der Waals surface area (Å²) in [5, 5.41) is 17.7. The van der Waals surface area contributed by atoms with Crippen LogP contribution in [0.2, 0.25) is 0 Å². The van der Waals surface area contributed by atoms with Crippen molar-refractivity contribution in [2.24, 2.45) is 29.1 Å². The molecule has 2 aromatic heterocycles. The van der Waals surface area contributed by atoms with Gasteiger partial charge in [-0.05, 0) is 61.0 Å². The van der Waals surface area contributed by atoms with Crippen LogP contribution in [0, 0.1) is 29.1 Å². The average molecular weight is 466 g/mol. The van der Waals surface area contributed by atoms with Gasteiger partial charge in [0.05, 0.1) is 23.9 Å². The number of carbonyl (C=O) groups excluding carboxylic acids is 2. The van der Waals surface area contributed by atoms with E-state index in [4.69, 9.17) is 0 Å². The molecular formula is C26H35N5O3. The van der Waals surface area contributed by atoms with Crippen LogP contribution in [0.3, 0.4) is 0 Å². The van der Waals surface area contributed by atoms with Gasteiger partial charge in [0.1, 0.15) is 6.33 Å². The minimum atomic E-state index is -0.607. The highest BCUT2D eigenvalue weighted by atomic mass is 16.3. The molecule has 8 nitrogen and oxygen atoms in total. The first-order chi connectivity index (χ1) is 16.3. The lowest BCUT2D eigenvalue weighted by atomic mass is 9.51. The zero-order valence-corrected chi connectivity index (χ0v) is 20.1. The van der Waals surface area contributed by atoms with Crippen molar-refractivity contribution < 1.29 is 14.7 Å². The molecule has 2 saturated carbocycles. The summed E-state index contributed by atoms with van der Waals surface area (Å²) in [5.41, 5.74) is 1.24. The van der Waals surface area contributed by atoms with Crippen LogP contribution < -0.4 is 10.6 Å². The van der Waals surface area contributed by atoms with E-state index in [2.05, 4.69) is 39.4 Å². The fraction of sp³-hybridized carbons (Fsp3) is 0.577. The molecule has 2 amide bonds. The molecule has 0 aromatic carbocycles. The topological polar surface area (TPSA) is 117 Å². The van der Waals surface area contributed by atoms with Crippen LogP contribution in [-0.2, 0) is 11.3 Å². The predicted octanol–water partition coefficient (Wildman–Crippen LogP) is 2.75. The Morgan fingerprint density at radius 2 is 1.94 bits per heavy atom. The van der Waals surface area contributed by atoms with Gasteiger partial charge in [-0.1, -0.05) is 26.8 Å². The fourth-order valence-corrected chi connectivity index (χ4v) is 6.20. The van der Waals surface area contributed by atoms with Gasteiger partial charge in [-0.15, -0.1) is 0 Å². The van der Waals surface area contributed by atoms with Crippen molar-refractivity contribution in [2.45, 2.75) is 65.1 Å². The molecule has 7 unspecified atom stereocenters. The first kappa shape index (κ1) is 24.3. The van der Waals surface area contributed by atoms with Gasteiger partial charge in [0.2, 0.25) is 5.91 Å². The van der Waals surface area contributed by atoms with Crippen LogP contribution in [0.5, 0.6) is 0 Å². The second kappa shape index (κ2) is 10.2. The number of aromatic nitrogens is 3. The monoisotopic (exact) mass is 465 g/mol. The average Bonchev–Trinajstić information content (AvgIpc) is 2.85. The molecule has 2 aliphatic carbocycles. The second-order valence-electron chi connectivity index (χ2n) is 10.3. The number of nitrogens with zero attached hydrogens (tertiary/aromatic N) is 3. The maximum atomic E-state index is 12.9. The third-order valence-corrected chi connectivity index (χ3v) is 8.25. The number of amides is 2. The van der Waals surface area contributed by atoms with Gasteiger partial charge in [-0.3, -0.25) is 14.6 Å². The molecule has 0 bridgehead atoms. The van der Waals surface area contributed by atoms with Crippen molar-refractivity contribution in [3.63, 3.8) is 0 Å². The minimum absolute atomic E-state index is 0.00311. The van der Waals surface area contributed by atoms with E-state index in [-0.39, 0.29) is 46.9 Å². The second-order valence-corrected chi connectivity index (χ2v) is 10.3. The molecule has 2 aromatic rings. The van der Waals surface area contributed by atoms with Gasteiger partial charge in [-0.25, -0.2) is 9.97 Å². The van der Waals surface area contributed by atoms with Gasteiger partial charge in [0, 0.05) is 30.6 Å². The van der Waals surface area contributed by atoms with E-state index in [1.165, 1.54) is 18.7 Å². The van der Waals surface area contributed by atoms with Gasteiger partial charge in [-0.2, -0.15) is 0 Å². The van der Waals surface area contributed by atoms with E-state index >= 15 is 0 Å². The lowest BCUT2D eigenvalue weighted by molar-refractivity contribution is -0.142. The maximum absolute atomic E-state index is 12.9. The van der Waals surface area contributed by atoms with Gasteiger partial charge in [0.15, 0.2) is 0 Å². The van der Waals surface area contributed by atoms with Crippen LogP contribution in [0.25, 0.3) is 0 Å². The Bertz CT molecular complexity index is 988. The summed E-state index contributed by atoms with van der Waals surface area (Å²) in [6.07, 6.45) is 9.11. The Kier molecular flexibility index (Phi) is 7.26. The first-order valence-electron chi connectivity index (χ1n) is 12.2. The molecule has 182 valence electrons. The number of aliphatic hydroxyl groups is 1. The zero-order chi connectivity index (χ0) is 24.3. The Hall–Kier alpha value is -2.87. The summed E-state index contributed by atoms with van der Waals surface area (Å²) >= 11 is 0. The summed E-state index contributed by atoms with van der Waals surface area (Å²) in [6, 6.07) is 5.57. The van der Waals surface area contributed by atoms with Crippen LogP contribution in [0.1, 0.15) is 62.5 Å². The van der Waals surface area contributed by atoms with Crippen molar-refractivity contribution in [3.05, 3.63) is 54.4 Å². The largest absolute Gasteiger partial charge is 0.392 e. The molecule has 2 fully saturated rings. The van der Waals surface area contributed by atoms with Gasteiger partial charge < -0.3 is 15.7 Å². The third-order valence-electron chi connectivity index (χ3n) is 8.25. The first-order valence-corrected chi connectivity index (χ1v) is 12.2. The fourth-order valence-electron chi connectivity index (χ4n) is 6.20. The number of hydrogen-bond donors (Lipinski definition) is 3. The maximum Gasteiger partial charge on any atom is 0.254 e. The Labute approximate surface area is 201 Å². The van der Waals surface area contributed by atoms with E-state index in [1.54, 1.807) is 6.20 Å². The number of hydrogen-bond acceptors (Lipinski definition) is 6. The van der Waals surface area contributed by atoms with Crippen LogP contribution in [-0.4, -0.2) is 44.0 Å². The molecule has 3 N–H and O–H groups in total. The van der Waals surface area contributed by atoms with E-state index in [9.17, 15) is 14.7 Å². The number of carbonyl (C=O) groups is 2. The molecule has 0 radical (unpaired) electrons. The lowest BCUT2D eigenvalue weighted by Crippen LogP contribution is -2.58. The number of pyridine rings is 1. The molecular weight excluding hydrogens is 430 g/mol. The van der Waals surface area contributed by atoms with E-state index in [0.717, 1.165) is 31.4 Å². The SMILES string of the molecule is CC(C(=O)NCc1ccccn1)C1CCC2(C)CCC(NC(=O)c3cncnc3)C(C)C2C1O. The molecule has 0 aliphatic heterocycles. The number of nitrogens with one attached hydrogen (secondary N) is 2. The molecule has 4 rings (SSSR count). The minimum Gasteiger partial charge on any atom is -0.392 e. The highest BCUT2D eigenvalue weighted by Gasteiger charge is 2.53. The van der Waals surface area contributed by atoms with Crippen LogP contribution in [0.4, 0.5) is 0 Å². The highest BCUT2D eigenvalue weighted by molar-refractivity contribution is 5.93. The Balaban J connectivity index is 1.42. The molecule has 0 saturated heterocycles. The zero-order valence-electron chi connectivity index (χ0n) is 20.1. The van der Waals surface area contributed by atoms with Crippen molar-refractivity contribution in [1.82, 2.24) is 25.6 Å². The predicted molar refractivity (Wildman–Crippen MR) is 127 cm³/mol. The molecule has 2 heterocycles. The molecule has 0 spiro atoms. The molecule has 8 heteroatoms. The van der Waals surface area contributed by atoms with Gasteiger partial charge >= 0.3 is 0 Å². The molecule has 34 heavy (non-hydrogen) atoms. The number of rotatable bonds is 6. The lowest BCUT2D eigenvalue weighted by Gasteiger charge is -2.56. The molecule has 2 aliphatic rings. The van der Waals surface area contributed by atoms with Crippen molar-refractivity contribution in [3.8, 4) is 0 Å². The summed E-state index contributed by atoms with van der Waals surface area (Å²) in [5.74, 6) is -0.605. The summed E-state index contributed by atoms with van der Waals surface area (Å²) < 4.78 is 0. The van der Waals surface area contributed by atoms with Crippen LogP contribution >= 0.6 is 0 Å². The molecule has 7 atom stereocenters. The number of fused-ring (bicyclic) bond motifs is 1. The Morgan fingerprint density at radius 1 is 1.21 bits per heavy atom. The van der Waals surface area contributed by atoms with Crippen LogP contribution in [0.15, 0.2) is 43.1 Å². The summed E-state index contributed by atoms with van der Waals surface area (Å²) in [7, 11) is 0. The van der Waals surface area contributed by atoms with Crippen molar-refractivity contribution in [1.29, 1.82) is 0 Å². The summed E-state index contributed by atoms with van der Waals surface area (Å²) in [4.78, 5) is 37.8. The quantitative estimate of drug-likeness (QED) is 0.604. The standard InChI is InChI=1S/C26H35N5O3/c1-16(24(33)30-14-19-6-4-5-11-29-19)20-7-9-26(3)10-8-21(17(2)22(26)23(20)32)31-25(34)18-12-27-15-28-13-18/h4-6,11-13,15-17,20-23,32H,7-10,14H2,1-3H3,(H,30,33)(H,31,34). The summed E-state index contributed by atoms with van der Waals surface area (Å²) in [6.45, 7) is 6.66. The Morgan fingerprint density at radius 3 is 2.65 bits per heavy atom. The van der Waals surface area contributed by atoms with E-state index in [1.807, 2.05) is 25.1 Å². The normalized spacial score (nSPS) is 31.7. The van der Waals surface area contributed by atoms with Crippen molar-refractivity contribution >= 4 is 11.8 Å². The highest BCUT2D eigenvalue weighted by Crippen LogP contribution is 2.55. The van der Waals surface area contributed by atoms with Gasteiger partial charge in [0.25, 0.3) is 5.91 Å². The van der Waals surface area contributed by atoms with E-state index in [0.29, 0.717) is 12.1 Å². The smallest absolute Gasteiger partial charge is 0.254 e. The number of aliphatic hydroxyl groups excluding tert-OH is 1. The third kappa shape index (κ3) is 4.97.